The maximum atomic E-state index is 14.8. The molecule has 0 bridgehead atoms. The van der Waals surface area contributed by atoms with Crippen molar-refractivity contribution in [2.24, 2.45) is 10.7 Å². The van der Waals surface area contributed by atoms with E-state index in [-0.39, 0.29) is 29.2 Å². The summed E-state index contributed by atoms with van der Waals surface area (Å²) in [4.78, 5) is 43.0. The fourth-order valence-electron chi connectivity index (χ4n) is 4.63. The van der Waals surface area contributed by atoms with E-state index < -0.39 is 29.2 Å². The highest BCUT2D eigenvalue weighted by Gasteiger charge is 2.32. The minimum absolute atomic E-state index is 0.0809. The lowest BCUT2D eigenvalue weighted by atomic mass is 10.1. The van der Waals surface area contributed by atoms with E-state index in [1.165, 1.54) is 10.6 Å². The van der Waals surface area contributed by atoms with Crippen LogP contribution in [-0.2, 0) is 11.3 Å². The fraction of sp³-hybridized carbons (Fsp3) is 0.414. The number of benzene rings is 1. The monoisotopic (exact) mass is 583 g/mol. The molecule has 12 heteroatoms. The van der Waals surface area contributed by atoms with Crippen LogP contribution in [0.25, 0.3) is 11.0 Å². The zero-order valence-electron chi connectivity index (χ0n) is 23.8. The van der Waals surface area contributed by atoms with Crippen molar-refractivity contribution in [1.29, 1.82) is 0 Å². The second kappa shape index (κ2) is 12.3. The number of carbonyl (C=O) groups excluding carboxylic acids is 1. The van der Waals surface area contributed by atoms with Crippen molar-refractivity contribution in [3.05, 3.63) is 75.2 Å². The lowest BCUT2D eigenvalue weighted by Crippen LogP contribution is -2.55. The van der Waals surface area contributed by atoms with Gasteiger partial charge < -0.3 is 20.3 Å². The van der Waals surface area contributed by atoms with E-state index in [9.17, 15) is 14.0 Å². The number of anilines is 1. The highest BCUT2D eigenvalue weighted by atomic mass is 35.5. The number of carbonyl (C=O) groups is 1. The van der Waals surface area contributed by atoms with E-state index in [0.29, 0.717) is 30.7 Å². The number of ether oxygens (including phenoxy) is 1. The van der Waals surface area contributed by atoms with Crippen LogP contribution in [-0.4, -0.2) is 63.0 Å². The van der Waals surface area contributed by atoms with Gasteiger partial charge in [0, 0.05) is 37.6 Å². The van der Waals surface area contributed by atoms with Crippen molar-refractivity contribution < 1.29 is 13.9 Å². The topological polar surface area (TPSA) is 119 Å². The smallest absolute Gasteiger partial charge is 0.410 e. The Morgan fingerprint density at radius 3 is 2.61 bits per heavy atom. The van der Waals surface area contributed by atoms with E-state index in [1.54, 1.807) is 24.1 Å². The van der Waals surface area contributed by atoms with Gasteiger partial charge in [-0.25, -0.2) is 19.0 Å². The number of hydrogen-bond acceptors (Lipinski definition) is 8. The molecule has 0 radical (unpaired) electrons. The van der Waals surface area contributed by atoms with Crippen molar-refractivity contribution in [3.8, 4) is 0 Å². The Morgan fingerprint density at radius 2 is 1.98 bits per heavy atom. The summed E-state index contributed by atoms with van der Waals surface area (Å²) < 4.78 is 21.7. The fourth-order valence-corrected chi connectivity index (χ4v) is 4.76. The van der Waals surface area contributed by atoms with Gasteiger partial charge in [-0.05, 0) is 52.3 Å². The van der Waals surface area contributed by atoms with Crippen LogP contribution < -0.4 is 16.3 Å². The Hall–Kier alpha value is -3.99. The number of aliphatic imine (C=N–C) groups is 1. The van der Waals surface area contributed by atoms with Crippen LogP contribution in [0.2, 0.25) is 5.15 Å². The normalized spacial score (nSPS) is 17.3. The Labute approximate surface area is 243 Å². The van der Waals surface area contributed by atoms with E-state index in [4.69, 9.17) is 22.1 Å². The van der Waals surface area contributed by atoms with E-state index in [2.05, 4.69) is 15.0 Å². The molecule has 1 aliphatic rings. The third-order valence-electron chi connectivity index (χ3n) is 6.54. The minimum Gasteiger partial charge on any atom is -0.444 e. The number of nitrogens with two attached hydrogens (primary N) is 1. The maximum Gasteiger partial charge on any atom is 0.410 e. The molecule has 1 aromatic carbocycles. The molecule has 3 aromatic rings. The number of aromatic nitrogens is 3. The molecule has 1 saturated heterocycles. The van der Waals surface area contributed by atoms with Gasteiger partial charge in [-0.15, -0.1) is 0 Å². The molecule has 2 aromatic heterocycles. The summed E-state index contributed by atoms with van der Waals surface area (Å²) in [5, 5.41) is -0.0235. The number of allylic oxidation sites excluding steroid dienone is 2. The third-order valence-corrected chi connectivity index (χ3v) is 6.80. The van der Waals surface area contributed by atoms with Crippen molar-refractivity contribution in [2.45, 2.75) is 58.8 Å². The first-order valence-corrected chi connectivity index (χ1v) is 13.7. The average Bonchev–Trinajstić information content (AvgIpc) is 2.89. The predicted octanol–water partition coefficient (Wildman–Crippen LogP) is 4.70. The molecule has 0 spiro atoms. The number of hydrogen-bond donors (Lipinski definition) is 1. The number of rotatable bonds is 6. The molecular weight excluding hydrogens is 549 g/mol. The van der Waals surface area contributed by atoms with E-state index >= 15 is 0 Å². The van der Waals surface area contributed by atoms with Gasteiger partial charge >= 0.3 is 11.8 Å². The minimum atomic E-state index is -0.728. The van der Waals surface area contributed by atoms with Gasteiger partial charge in [-0.1, -0.05) is 41.9 Å². The Bertz CT molecular complexity index is 1530. The van der Waals surface area contributed by atoms with Crippen LogP contribution in [0.3, 0.4) is 0 Å². The average molecular weight is 584 g/mol. The van der Waals surface area contributed by atoms with Crippen LogP contribution in [0, 0.1) is 5.82 Å². The maximum absolute atomic E-state index is 14.8. The summed E-state index contributed by atoms with van der Waals surface area (Å²) in [6.07, 6.45) is 2.85. The number of pyridine rings is 1. The molecule has 0 aliphatic carbocycles. The molecule has 1 unspecified atom stereocenters. The third kappa shape index (κ3) is 7.21. The van der Waals surface area contributed by atoms with Crippen molar-refractivity contribution in [1.82, 2.24) is 19.4 Å². The van der Waals surface area contributed by atoms with Crippen LogP contribution in [0.5, 0.6) is 0 Å². The number of halogens is 2. The molecular formula is C29H35ClFN7O3. The van der Waals surface area contributed by atoms with E-state index in [1.807, 2.05) is 62.9 Å². The van der Waals surface area contributed by atoms with Crippen molar-refractivity contribution >= 4 is 40.8 Å². The second-order valence-electron chi connectivity index (χ2n) is 11.1. The van der Waals surface area contributed by atoms with Crippen LogP contribution in [0.4, 0.5) is 15.0 Å². The van der Waals surface area contributed by atoms with Gasteiger partial charge in [-0.2, -0.15) is 4.98 Å². The summed E-state index contributed by atoms with van der Waals surface area (Å²) in [6, 6.07) is 9.98. The summed E-state index contributed by atoms with van der Waals surface area (Å²) in [5.41, 5.74) is 6.19. The first-order chi connectivity index (χ1) is 19.3. The molecule has 3 heterocycles. The molecule has 1 amide bonds. The largest absolute Gasteiger partial charge is 0.444 e. The van der Waals surface area contributed by atoms with Gasteiger partial charge in [0.25, 0.3) is 0 Å². The predicted molar refractivity (Wildman–Crippen MR) is 159 cm³/mol. The first kappa shape index (κ1) is 30.0. The summed E-state index contributed by atoms with van der Waals surface area (Å²) in [6.45, 7) is 10.2. The lowest BCUT2D eigenvalue weighted by Gasteiger charge is -2.41. The number of piperazine rings is 1. The quantitative estimate of drug-likeness (QED) is 0.330. The Kier molecular flexibility index (Phi) is 8.96. The van der Waals surface area contributed by atoms with Crippen molar-refractivity contribution in [3.63, 3.8) is 0 Å². The molecule has 41 heavy (non-hydrogen) atoms. The molecule has 1 fully saturated rings. The number of amides is 1. The first-order valence-electron chi connectivity index (χ1n) is 13.4. The van der Waals surface area contributed by atoms with Gasteiger partial charge in [0.1, 0.15) is 17.1 Å². The molecule has 10 nitrogen and oxygen atoms in total. The summed E-state index contributed by atoms with van der Waals surface area (Å²) >= 11 is 6.11. The molecule has 4 rings (SSSR count). The molecule has 1 aliphatic heterocycles. The number of nitrogens with zero attached hydrogens (tertiary/aromatic N) is 6. The standard InChI is InChI=1S/C29H35ClFN7O3/c1-18(32)11-12-33-23(20-9-7-6-8-10-20)17-38-25-21(15-22(31)24(30)34-25)26(35-27(38)39)37-14-13-36(16-19(37)2)28(40)41-29(3,4)5/h6-12,15,19,23H,13-14,16-17,32H2,1-5H3/b18-11-,33-12?/t19-,23?/m0/s1. The zero-order valence-corrected chi connectivity index (χ0v) is 24.6. The highest BCUT2D eigenvalue weighted by molar-refractivity contribution is 6.30. The highest BCUT2D eigenvalue weighted by Crippen LogP contribution is 2.30. The van der Waals surface area contributed by atoms with Crippen molar-refractivity contribution in [2.75, 3.05) is 24.5 Å². The van der Waals surface area contributed by atoms with Gasteiger partial charge in [-0.3, -0.25) is 9.56 Å². The van der Waals surface area contributed by atoms with Gasteiger partial charge in [0.2, 0.25) is 0 Å². The van der Waals surface area contributed by atoms with Gasteiger partial charge in [0.05, 0.1) is 18.0 Å². The molecule has 0 saturated carbocycles. The van der Waals surface area contributed by atoms with Gasteiger partial charge in [0.15, 0.2) is 11.0 Å². The zero-order chi connectivity index (χ0) is 29.9. The Morgan fingerprint density at radius 1 is 1.27 bits per heavy atom. The molecule has 218 valence electrons. The van der Waals surface area contributed by atoms with E-state index in [0.717, 1.165) is 5.56 Å². The second-order valence-corrected chi connectivity index (χ2v) is 11.4. The Balaban J connectivity index is 1.74. The van der Waals surface area contributed by atoms with Crippen LogP contribution >= 0.6 is 11.6 Å². The lowest BCUT2D eigenvalue weighted by molar-refractivity contribution is 0.0218. The molecule has 2 N–H and O–H groups in total. The molecule has 2 atom stereocenters. The van der Waals surface area contributed by atoms with Crippen LogP contribution in [0.1, 0.15) is 46.2 Å². The van der Waals surface area contributed by atoms with Crippen LogP contribution in [0.15, 0.2) is 58.0 Å². The summed E-state index contributed by atoms with van der Waals surface area (Å²) in [5.74, 6) is -0.448. The SMILES string of the molecule is C/C(N)=C/C=NC(Cn1c(=O)nc(N2CCN(C(=O)OC(C)(C)C)C[C@@H]2C)c2cc(F)c(Cl)nc21)c1ccccc1. The number of fused-ring (bicyclic) bond motifs is 1. The summed E-state index contributed by atoms with van der Waals surface area (Å²) in [7, 11) is 0.